The van der Waals surface area contributed by atoms with Crippen LogP contribution >= 0.6 is 0 Å². The predicted octanol–water partition coefficient (Wildman–Crippen LogP) is 6.59. The summed E-state index contributed by atoms with van der Waals surface area (Å²) in [5, 5.41) is 28.9. The van der Waals surface area contributed by atoms with Crippen LogP contribution in [0, 0.1) is 10.1 Å². The Hall–Kier alpha value is -4.33. The lowest BCUT2D eigenvalue weighted by Crippen LogP contribution is -2.27. The van der Waals surface area contributed by atoms with Crippen molar-refractivity contribution in [2.75, 3.05) is 17.7 Å². The van der Waals surface area contributed by atoms with Crippen LogP contribution in [-0.2, 0) is 10.2 Å². The van der Waals surface area contributed by atoms with E-state index in [9.17, 15) is 20.0 Å². The largest absolute Gasteiger partial charge is 0.500 e. The quantitative estimate of drug-likeness (QED) is 0.266. The number of methoxy groups -OCH3 is 1. The standard InChI is InChI=1S/C30H31N3O5/c1-30(2,3)20-11-9-17(10-12-20)18-13-23-27(25(34)15-18)28(32-22-8-6-5-7-21(22)31-23)19-14-24(33(36)37)29(35)26(16-19)38-4/h5-12,14,16,18,28,31-32,35H,13,15H2,1-4H3. The van der Waals surface area contributed by atoms with E-state index in [2.05, 4.69) is 55.7 Å². The first-order valence-electron chi connectivity index (χ1n) is 12.6. The highest BCUT2D eigenvalue weighted by molar-refractivity contribution is 6.01. The molecule has 0 aromatic heterocycles. The summed E-state index contributed by atoms with van der Waals surface area (Å²) in [4.78, 5) is 24.9. The van der Waals surface area contributed by atoms with E-state index in [0.29, 0.717) is 24.0 Å². The molecule has 2 atom stereocenters. The monoisotopic (exact) mass is 513 g/mol. The van der Waals surface area contributed by atoms with Gasteiger partial charge in [0.15, 0.2) is 11.5 Å². The van der Waals surface area contributed by atoms with Gasteiger partial charge >= 0.3 is 5.69 Å². The van der Waals surface area contributed by atoms with Gasteiger partial charge in [0.05, 0.1) is 29.4 Å². The van der Waals surface area contributed by atoms with Gasteiger partial charge in [0.25, 0.3) is 0 Å². The number of benzene rings is 3. The molecule has 0 saturated carbocycles. The van der Waals surface area contributed by atoms with Crippen LogP contribution in [0.2, 0.25) is 0 Å². The maximum atomic E-state index is 13.8. The van der Waals surface area contributed by atoms with Crippen LogP contribution in [-0.4, -0.2) is 22.9 Å². The molecule has 8 heteroatoms. The number of para-hydroxylation sites is 2. The Balaban J connectivity index is 1.61. The Labute approximate surface area is 221 Å². The van der Waals surface area contributed by atoms with E-state index < -0.39 is 22.4 Å². The highest BCUT2D eigenvalue weighted by atomic mass is 16.6. The number of anilines is 2. The number of ketones is 1. The number of rotatable bonds is 4. The van der Waals surface area contributed by atoms with Crippen molar-refractivity contribution in [3.63, 3.8) is 0 Å². The highest BCUT2D eigenvalue weighted by Gasteiger charge is 2.37. The number of nitro benzene ring substituents is 1. The molecule has 3 aromatic rings. The van der Waals surface area contributed by atoms with Crippen LogP contribution in [0.5, 0.6) is 11.5 Å². The number of aromatic hydroxyl groups is 1. The predicted molar refractivity (Wildman–Crippen MR) is 147 cm³/mol. The average molecular weight is 514 g/mol. The molecule has 0 radical (unpaired) electrons. The van der Waals surface area contributed by atoms with E-state index in [4.69, 9.17) is 4.74 Å². The second kappa shape index (κ2) is 9.52. The van der Waals surface area contributed by atoms with Gasteiger partial charge in [-0.25, -0.2) is 0 Å². The molecule has 5 rings (SSSR count). The number of carbonyl (C=O) groups is 1. The Morgan fingerprint density at radius 3 is 2.32 bits per heavy atom. The fraction of sp³-hybridized carbons (Fsp3) is 0.300. The van der Waals surface area contributed by atoms with Crippen molar-refractivity contribution in [1.82, 2.24) is 0 Å². The molecule has 8 nitrogen and oxygen atoms in total. The fourth-order valence-corrected chi connectivity index (χ4v) is 5.31. The minimum atomic E-state index is -0.675. The molecule has 0 saturated heterocycles. The Bertz CT molecular complexity index is 1450. The molecule has 0 spiro atoms. The fourth-order valence-electron chi connectivity index (χ4n) is 5.31. The van der Waals surface area contributed by atoms with Gasteiger partial charge in [-0.1, -0.05) is 57.2 Å². The van der Waals surface area contributed by atoms with Gasteiger partial charge in [0, 0.05) is 23.8 Å². The van der Waals surface area contributed by atoms with Crippen LogP contribution < -0.4 is 15.4 Å². The lowest BCUT2D eigenvalue weighted by molar-refractivity contribution is -0.386. The molecule has 0 amide bonds. The lowest BCUT2D eigenvalue weighted by Gasteiger charge is -2.30. The first-order chi connectivity index (χ1) is 18.1. The second-order valence-corrected chi connectivity index (χ2v) is 10.9. The van der Waals surface area contributed by atoms with Crippen molar-refractivity contribution < 1.29 is 19.6 Å². The van der Waals surface area contributed by atoms with Gasteiger partial charge in [0.1, 0.15) is 0 Å². The molecule has 1 aliphatic heterocycles. The van der Waals surface area contributed by atoms with E-state index in [0.717, 1.165) is 22.6 Å². The minimum Gasteiger partial charge on any atom is -0.500 e. The first-order valence-corrected chi connectivity index (χ1v) is 12.6. The number of hydrogen-bond donors (Lipinski definition) is 3. The zero-order chi connectivity index (χ0) is 27.2. The molecular formula is C30H31N3O5. The van der Waals surface area contributed by atoms with Crippen LogP contribution in [0.3, 0.4) is 0 Å². The highest BCUT2D eigenvalue weighted by Crippen LogP contribution is 2.47. The van der Waals surface area contributed by atoms with Gasteiger partial charge < -0.3 is 20.5 Å². The number of carbonyl (C=O) groups excluding carboxylic acids is 1. The van der Waals surface area contributed by atoms with Gasteiger partial charge in [-0.3, -0.25) is 14.9 Å². The van der Waals surface area contributed by atoms with E-state index >= 15 is 0 Å². The SMILES string of the molecule is COc1cc(C2Nc3ccccc3NC3=C2C(=O)CC(c2ccc(C(C)(C)C)cc2)C3)cc([N+](=O)[O-])c1O. The van der Waals surface area contributed by atoms with Gasteiger partial charge in [-0.05, 0) is 52.6 Å². The number of Topliss-reactive ketones (excluding diaryl/α,β-unsaturated/α-hetero) is 1. The summed E-state index contributed by atoms with van der Waals surface area (Å²) in [6.07, 6.45) is 0.932. The van der Waals surface area contributed by atoms with Crippen molar-refractivity contribution in [3.05, 3.63) is 98.7 Å². The molecule has 196 valence electrons. The maximum absolute atomic E-state index is 13.8. The molecule has 1 heterocycles. The summed E-state index contributed by atoms with van der Waals surface area (Å²) in [5.74, 6) is -0.610. The molecular weight excluding hydrogens is 482 g/mol. The number of fused-ring (bicyclic) bond motifs is 1. The molecule has 0 fully saturated rings. The zero-order valence-electron chi connectivity index (χ0n) is 21.9. The third-order valence-electron chi connectivity index (χ3n) is 7.38. The summed E-state index contributed by atoms with van der Waals surface area (Å²) >= 11 is 0. The summed E-state index contributed by atoms with van der Waals surface area (Å²) in [5.41, 5.74) is 5.25. The molecule has 0 bridgehead atoms. The number of hydrogen-bond acceptors (Lipinski definition) is 7. The number of phenols is 1. The molecule has 3 aromatic carbocycles. The van der Waals surface area contributed by atoms with Crippen molar-refractivity contribution in [1.29, 1.82) is 0 Å². The van der Waals surface area contributed by atoms with Crippen molar-refractivity contribution in [3.8, 4) is 11.5 Å². The summed E-state index contributed by atoms with van der Waals surface area (Å²) in [6.45, 7) is 6.52. The molecule has 38 heavy (non-hydrogen) atoms. The lowest BCUT2D eigenvalue weighted by atomic mass is 9.77. The van der Waals surface area contributed by atoms with E-state index in [-0.39, 0.29) is 22.9 Å². The second-order valence-electron chi connectivity index (χ2n) is 10.9. The number of phenolic OH excluding ortho intramolecular Hbond substituents is 1. The molecule has 2 aliphatic rings. The third-order valence-corrected chi connectivity index (χ3v) is 7.38. The summed E-state index contributed by atoms with van der Waals surface area (Å²) in [7, 11) is 1.34. The Morgan fingerprint density at radius 1 is 1.00 bits per heavy atom. The van der Waals surface area contributed by atoms with Gasteiger partial charge in [-0.2, -0.15) is 0 Å². The first kappa shape index (κ1) is 25.3. The minimum absolute atomic E-state index is 0.00243. The smallest absolute Gasteiger partial charge is 0.315 e. The Kier molecular flexibility index (Phi) is 6.34. The van der Waals surface area contributed by atoms with E-state index in [1.54, 1.807) is 6.07 Å². The number of nitro groups is 1. The Morgan fingerprint density at radius 2 is 1.68 bits per heavy atom. The molecule has 3 N–H and O–H groups in total. The molecule has 1 aliphatic carbocycles. The van der Waals surface area contributed by atoms with E-state index in [1.807, 2.05) is 24.3 Å². The van der Waals surface area contributed by atoms with Crippen LogP contribution in [0.25, 0.3) is 0 Å². The number of nitrogens with one attached hydrogen (secondary N) is 2. The number of allylic oxidation sites excluding steroid dienone is 1. The maximum Gasteiger partial charge on any atom is 0.315 e. The normalized spacial score (nSPS) is 19.0. The van der Waals surface area contributed by atoms with Gasteiger partial charge in [0.2, 0.25) is 5.75 Å². The van der Waals surface area contributed by atoms with Crippen molar-refractivity contribution in [2.24, 2.45) is 0 Å². The zero-order valence-corrected chi connectivity index (χ0v) is 21.9. The van der Waals surface area contributed by atoms with Crippen molar-refractivity contribution in [2.45, 2.75) is 51.0 Å². The van der Waals surface area contributed by atoms with Crippen LogP contribution in [0.15, 0.2) is 71.9 Å². The van der Waals surface area contributed by atoms with Crippen LogP contribution in [0.1, 0.15) is 62.3 Å². The number of ether oxygens (including phenoxy) is 1. The topological polar surface area (TPSA) is 114 Å². The van der Waals surface area contributed by atoms with Crippen molar-refractivity contribution >= 4 is 22.8 Å². The number of nitrogens with zero attached hydrogens (tertiary/aromatic N) is 1. The molecule has 2 unspecified atom stereocenters. The van der Waals surface area contributed by atoms with Gasteiger partial charge in [-0.15, -0.1) is 0 Å². The van der Waals surface area contributed by atoms with E-state index in [1.165, 1.54) is 18.7 Å². The third kappa shape index (κ3) is 4.58. The summed E-state index contributed by atoms with van der Waals surface area (Å²) in [6, 6.07) is 18.3. The van der Waals surface area contributed by atoms with Crippen LogP contribution in [0.4, 0.5) is 17.1 Å². The summed E-state index contributed by atoms with van der Waals surface area (Å²) < 4.78 is 5.24. The average Bonchev–Trinajstić information content (AvgIpc) is 3.05.